The third kappa shape index (κ3) is 3.66. The number of ether oxygens (including phenoxy) is 1. The van der Waals surface area contributed by atoms with E-state index in [9.17, 15) is 0 Å². The molecule has 0 unspecified atom stereocenters. The number of hydrogen-bond acceptors (Lipinski definition) is 4. The summed E-state index contributed by atoms with van der Waals surface area (Å²) in [5.74, 6) is 0. The first-order valence-electron chi connectivity index (χ1n) is 7.11. The van der Waals surface area contributed by atoms with Crippen molar-refractivity contribution in [3.63, 3.8) is 0 Å². The number of nitrogens with one attached hydrogen (secondary N) is 1. The van der Waals surface area contributed by atoms with Crippen LogP contribution in [-0.4, -0.2) is 24.7 Å². The molecule has 1 aliphatic rings. The van der Waals surface area contributed by atoms with Crippen molar-refractivity contribution in [2.75, 3.05) is 13.7 Å². The lowest BCUT2D eigenvalue weighted by Gasteiger charge is -2.02. The molecule has 1 fully saturated rings. The summed E-state index contributed by atoms with van der Waals surface area (Å²) in [6, 6.07) is 9.37. The van der Waals surface area contributed by atoms with Gasteiger partial charge in [0.1, 0.15) is 5.01 Å². The van der Waals surface area contributed by atoms with Gasteiger partial charge in [-0.2, -0.15) is 0 Å². The summed E-state index contributed by atoms with van der Waals surface area (Å²) < 4.78 is 5.10. The summed E-state index contributed by atoms with van der Waals surface area (Å²) in [4.78, 5) is 4.70. The summed E-state index contributed by atoms with van der Waals surface area (Å²) in [6.45, 7) is 1.67. The lowest BCUT2D eigenvalue weighted by molar-refractivity contribution is 0.202. The molecule has 1 aromatic heterocycles. The third-order valence-electron chi connectivity index (χ3n) is 3.52. The van der Waals surface area contributed by atoms with E-state index in [0.29, 0.717) is 0 Å². The van der Waals surface area contributed by atoms with E-state index in [1.807, 2.05) is 0 Å². The zero-order chi connectivity index (χ0) is 13.8. The van der Waals surface area contributed by atoms with E-state index < -0.39 is 0 Å². The minimum absolute atomic E-state index is 0.738. The Bertz CT molecular complexity index is 546. The van der Waals surface area contributed by atoms with Gasteiger partial charge in [-0.3, -0.25) is 0 Å². The van der Waals surface area contributed by atoms with Crippen LogP contribution in [0, 0.1) is 0 Å². The second-order valence-electron chi connectivity index (χ2n) is 5.22. The number of aromatic nitrogens is 1. The standard InChI is InChI=1S/C16H20N2OS/c1-19-9-8-12-2-4-13(5-3-12)15-11-20-16(18-15)10-17-14-6-7-14/h2-5,11,14,17H,6-10H2,1H3. The van der Waals surface area contributed by atoms with Gasteiger partial charge in [-0.15, -0.1) is 11.3 Å². The largest absolute Gasteiger partial charge is 0.384 e. The molecule has 20 heavy (non-hydrogen) atoms. The van der Waals surface area contributed by atoms with Crippen molar-refractivity contribution in [3.8, 4) is 11.3 Å². The van der Waals surface area contributed by atoms with Crippen molar-refractivity contribution < 1.29 is 4.74 Å². The zero-order valence-electron chi connectivity index (χ0n) is 11.8. The summed E-state index contributed by atoms with van der Waals surface area (Å²) in [6.07, 6.45) is 3.60. The van der Waals surface area contributed by atoms with Gasteiger partial charge in [0.25, 0.3) is 0 Å². The van der Waals surface area contributed by atoms with E-state index in [0.717, 1.165) is 31.3 Å². The predicted octanol–water partition coefficient (Wildman–Crippen LogP) is 3.25. The Hall–Kier alpha value is -1.23. The molecular formula is C16H20N2OS. The maximum absolute atomic E-state index is 5.10. The first-order valence-corrected chi connectivity index (χ1v) is 7.99. The van der Waals surface area contributed by atoms with E-state index in [1.54, 1.807) is 18.4 Å². The summed E-state index contributed by atoms with van der Waals surface area (Å²) >= 11 is 1.74. The molecule has 0 saturated heterocycles. The highest BCUT2D eigenvalue weighted by atomic mass is 32.1. The lowest BCUT2D eigenvalue weighted by Crippen LogP contribution is -2.14. The molecule has 0 amide bonds. The summed E-state index contributed by atoms with van der Waals surface area (Å²) in [5, 5.41) is 6.83. The number of hydrogen-bond donors (Lipinski definition) is 1. The monoisotopic (exact) mass is 288 g/mol. The Morgan fingerprint density at radius 2 is 2.10 bits per heavy atom. The SMILES string of the molecule is COCCc1ccc(-c2csc(CNC3CC3)n2)cc1. The van der Waals surface area contributed by atoms with Crippen LogP contribution >= 0.6 is 11.3 Å². The van der Waals surface area contributed by atoms with E-state index in [2.05, 4.69) is 35.0 Å². The van der Waals surface area contributed by atoms with E-state index in [1.165, 1.54) is 29.0 Å². The Labute approximate surface area is 124 Å². The van der Waals surface area contributed by atoms with Crippen molar-refractivity contribution in [1.82, 2.24) is 10.3 Å². The fourth-order valence-corrected chi connectivity index (χ4v) is 2.86. The Morgan fingerprint density at radius 1 is 1.30 bits per heavy atom. The molecule has 3 rings (SSSR count). The Kier molecular flexibility index (Phi) is 4.45. The van der Waals surface area contributed by atoms with Crippen LogP contribution < -0.4 is 5.32 Å². The second-order valence-corrected chi connectivity index (χ2v) is 6.16. The van der Waals surface area contributed by atoms with Gasteiger partial charge in [0.15, 0.2) is 0 Å². The molecule has 0 atom stereocenters. The lowest BCUT2D eigenvalue weighted by atomic mass is 10.1. The molecule has 1 aromatic carbocycles. The fourth-order valence-electron chi connectivity index (χ4n) is 2.11. The minimum Gasteiger partial charge on any atom is -0.384 e. The first-order chi connectivity index (χ1) is 9.85. The van der Waals surface area contributed by atoms with Crippen molar-refractivity contribution in [3.05, 3.63) is 40.2 Å². The van der Waals surface area contributed by atoms with Crippen molar-refractivity contribution >= 4 is 11.3 Å². The molecule has 2 aromatic rings. The molecule has 0 bridgehead atoms. The minimum atomic E-state index is 0.738. The van der Waals surface area contributed by atoms with E-state index in [-0.39, 0.29) is 0 Å². The summed E-state index contributed by atoms with van der Waals surface area (Å²) in [7, 11) is 1.74. The molecule has 0 radical (unpaired) electrons. The molecular weight excluding hydrogens is 268 g/mol. The van der Waals surface area contributed by atoms with Crippen LogP contribution in [0.15, 0.2) is 29.6 Å². The molecule has 3 nitrogen and oxygen atoms in total. The van der Waals surface area contributed by atoms with Crippen LogP contribution in [0.25, 0.3) is 11.3 Å². The Balaban J connectivity index is 1.62. The zero-order valence-corrected chi connectivity index (χ0v) is 12.6. The molecule has 0 aliphatic heterocycles. The molecule has 0 spiro atoms. The van der Waals surface area contributed by atoms with Crippen LogP contribution in [0.1, 0.15) is 23.4 Å². The average Bonchev–Trinajstić information content (AvgIpc) is 3.20. The topological polar surface area (TPSA) is 34.1 Å². The van der Waals surface area contributed by atoms with Gasteiger partial charge in [0.05, 0.1) is 12.3 Å². The van der Waals surface area contributed by atoms with Crippen LogP contribution in [0.3, 0.4) is 0 Å². The number of thiazole rings is 1. The van der Waals surface area contributed by atoms with Gasteiger partial charge in [0.2, 0.25) is 0 Å². The maximum atomic E-state index is 5.10. The number of methoxy groups -OCH3 is 1. The molecule has 1 heterocycles. The number of nitrogens with zero attached hydrogens (tertiary/aromatic N) is 1. The highest BCUT2D eigenvalue weighted by Gasteiger charge is 2.20. The highest BCUT2D eigenvalue weighted by molar-refractivity contribution is 7.09. The fraction of sp³-hybridized carbons (Fsp3) is 0.438. The van der Waals surface area contributed by atoms with Crippen molar-refractivity contribution in [2.45, 2.75) is 31.8 Å². The number of rotatable bonds is 7. The predicted molar refractivity (Wildman–Crippen MR) is 83.0 cm³/mol. The molecule has 4 heteroatoms. The van der Waals surface area contributed by atoms with Gasteiger partial charge < -0.3 is 10.1 Å². The quantitative estimate of drug-likeness (QED) is 0.849. The molecule has 1 saturated carbocycles. The smallest absolute Gasteiger partial charge is 0.107 e. The van der Waals surface area contributed by atoms with Crippen molar-refractivity contribution in [1.29, 1.82) is 0 Å². The van der Waals surface area contributed by atoms with Gasteiger partial charge in [-0.25, -0.2) is 4.98 Å². The number of benzene rings is 1. The maximum Gasteiger partial charge on any atom is 0.107 e. The van der Waals surface area contributed by atoms with Crippen molar-refractivity contribution in [2.24, 2.45) is 0 Å². The molecule has 1 aliphatic carbocycles. The van der Waals surface area contributed by atoms with Gasteiger partial charge in [0, 0.05) is 30.6 Å². The Morgan fingerprint density at radius 3 is 2.80 bits per heavy atom. The highest BCUT2D eigenvalue weighted by Crippen LogP contribution is 2.24. The first kappa shape index (κ1) is 13.7. The average molecular weight is 288 g/mol. The van der Waals surface area contributed by atoms with Crippen LogP contribution in [-0.2, 0) is 17.7 Å². The van der Waals surface area contributed by atoms with Gasteiger partial charge >= 0.3 is 0 Å². The van der Waals surface area contributed by atoms with E-state index in [4.69, 9.17) is 9.72 Å². The van der Waals surface area contributed by atoms with Gasteiger partial charge in [-0.1, -0.05) is 24.3 Å². The third-order valence-corrected chi connectivity index (χ3v) is 4.36. The van der Waals surface area contributed by atoms with Crippen LogP contribution in [0.4, 0.5) is 0 Å². The van der Waals surface area contributed by atoms with Crippen LogP contribution in [0.5, 0.6) is 0 Å². The second kappa shape index (κ2) is 6.48. The molecule has 106 valence electrons. The van der Waals surface area contributed by atoms with Crippen LogP contribution in [0.2, 0.25) is 0 Å². The normalized spacial score (nSPS) is 14.7. The summed E-state index contributed by atoms with van der Waals surface area (Å²) in [5.41, 5.74) is 3.59. The van der Waals surface area contributed by atoms with Gasteiger partial charge in [-0.05, 0) is 24.8 Å². The molecule has 1 N–H and O–H groups in total. The van der Waals surface area contributed by atoms with E-state index >= 15 is 0 Å².